The zero-order valence-electron chi connectivity index (χ0n) is 15.4. The summed E-state index contributed by atoms with van der Waals surface area (Å²) in [6, 6.07) is 5.75. The van der Waals surface area contributed by atoms with Crippen molar-refractivity contribution >= 4 is 29.9 Å². The van der Waals surface area contributed by atoms with Crippen LogP contribution in [-0.4, -0.2) is 31.0 Å². The lowest BCUT2D eigenvalue weighted by Gasteiger charge is -2.18. The van der Waals surface area contributed by atoms with Crippen molar-refractivity contribution in [1.29, 1.82) is 0 Å². The molecule has 26 heavy (non-hydrogen) atoms. The number of carbonyl (C=O) groups is 2. The van der Waals surface area contributed by atoms with Gasteiger partial charge in [-0.25, -0.2) is 0 Å². The molecule has 146 valence electrons. The van der Waals surface area contributed by atoms with E-state index in [2.05, 4.69) is 17.6 Å². The van der Waals surface area contributed by atoms with E-state index >= 15 is 0 Å². The van der Waals surface area contributed by atoms with Crippen LogP contribution in [0.3, 0.4) is 0 Å². The van der Waals surface area contributed by atoms with Gasteiger partial charge in [-0.1, -0.05) is 19.8 Å². The molecule has 1 aliphatic heterocycles. The first-order valence-electron chi connectivity index (χ1n) is 9.17. The molecule has 0 radical (unpaired) electrons. The summed E-state index contributed by atoms with van der Waals surface area (Å²) in [7, 11) is 0. The number of rotatable bonds is 10. The van der Waals surface area contributed by atoms with Crippen LogP contribution in [0.4, 0.5) is 5.69 Å². The van der Waals surface area contributed by atoms with Crippen molar-refractivity contribution in [3.05, 3.63) is 23.8 Å². The predicted octanol–water partition coefficient (Wildman–Crippen LogP) is 2.79. The fraction of sp³-hybridized carbons (Fsp3) is 0.579. The van der Waals surface area contributed by atoms with Crippen molar-refractivity contribution in [3.63, 3.8) is 0 Å². The number of anilines is 1. The van der Waals surface area contributed by atoms with E-state index < -0.39 is 0 Å². The number of nitrogens with one attached hydrogen (secondary N) is 2. The number of unbranched alkanes of at least 4 members (excludes halogenated alkanes) is 1. The zero-order chi connectivity index (χ0) is 18.1. The molecule has 4 N–H and O–H groups in total. The van der Waals surface area contributed by atoms with E-state index in [4.69, 9.17) is 10.5 Å². The van der Waals surface area contributed by atoms with Crippen LogP contribution in [-0.2, 0) is 16.0 Å². The van der Waals surface area contributed by atoms with Crippen LogP contribution in [0.15, 0.2) is 18.2 Å². The van der Waals surface area contributed by atoms with Gasteiger partial charge in [-0.15, -0.1) is 12.4 Å². The van der Waals surface area contributed by atoms with Crippen molar-refractivity contribution in [1.82, 2.24) is 5.32 Å². The second kappa shape index (κ2) is 11.8. The fourth-order valence-electron chi connectivity index (χ4n) is 2.87. The number of amides is 2. The minimum absolute atomic E-state index is 0. The Morgan fingerprint density at radius 2 is 2.15 bits per heavy atom. The van der Waals surface area contributed by atoms with E-state index in [0.717, 1.165) is 42.7 Å². The molecule has 1 aliphatic rings. The van der Waals surface area contributed by atoms with E-state index in [9.17, 15) is 9.59 Å². The number of aryl methyl sites for hydroxylation is 1. The molecule has 7 heteroatoms. The van der Waals surface area contributed by atoms with Crippen molar-refractivity contribution < 1.29 is 14.3 Å². The molecule has 6 nitrogen and oxygen atoms in total. The Labute approximate surface area is 161 Å². The van der Waals surface area contributed by atoms with Crippen LogP contribution >= 0.6 is 12.4 Å². The normalized spacial score (nSPS) is 13.8. The van der Waals surface area contributed by atoms with Crippen LogP contribution in [0.25, 0.3) is 0 Å². The van der Waals surface area contributed by atoms with Gasteiger partial charge in [-0.05, 0) is 43.0 Å². The van der Waals surface area contributed by atoms with E-state index in [1.807, 2.05) is 18.2 Å². The summed E-state index contributed by atoms with van der Waals surface area (Å²) in [5.41, 5.74) is 7.65. The summed E-state index contributed by atoms with van der Waals surface area (Å²) in [6.07, 6.45) is 5.44. The van der Waals surface area contributed by atoms with Gasteiger partial charge in [0, 0.05) is 31.1 Å². The Hall–Kier alpha value is -1.79. The molecule has 0 aromatic heterocycles. The van der Waals surface area contributed by atoms with Crippen LogP contribution in [0.5, 0.6) is 5.75 Å². The Bertz CT molecular complexity index is 595. The number of hydrogen-bond acceptors (Lipinski definition) is 4. The fourth-order valence-corrected chi connectivity index (χ4v) is 2.87. The quantitative estimate of drug-likeness (QED) is 0.541. The molecular formula is C19H30ClN3O3. The van der Waals surface area contributed by atoms with Crippen molar-refractivity contribution in [2.24, 2.45) is 5.73 Å². The molecule has 0 spiro atoms. The molecular weight excluding hydrogens is 354 g/mol. The molecule has 1 aromatic carbocycles. The smallest absolute Gasteiger partial charge is 0.224 e. The maximum absolute atomic E-state index is 11.9. The van der Waals surface area contributed by atoms with Crippen molar-refractivity contribution in [2.75, 3.05) is 18.5 Å². The monoisotopic (exact) mass is 383 g/mol. The van der Waals surface area contributed by atoms with Gasteiger partial charge in [0.15, 0.2) is 0 Å². The zero-order valence-corrected chi connectivity index (χ0v) is 16.2. The largest absolute Gasteiger partial charge is 0.494 e. The highest BCUT2D eigenvalue weighted by Gasteiger charge is 2.15. The molecule has 0 aliphatic carbocycles. The van der Waals surface area contributed by atoms with Gasteiger partial charge in [-0.3, -0.25) is 9.59 Å². The van der Waals surface area contributed by atoms with Gasteiger partial charge in [0.2, 0.25) is 11.8 Å². The number of ether oxygens (including phenoxy) is 1. The minimum atomic E-state index is 0. The second-order valence-corrected chi connectivity index (χ2v) is 6.46. The van der Waals surface area contributed by atoms with Crippen LogP contribution in [0.1, 0.15) is 51.0 Å². The van der Waals surface area contributed by atoms with Gasteiger partial charge in [0.1, 0.15) is 5.75 Å². The summed E-state index contributed by atoms with van der Waals surface area (Å²) in [5, 5.41) is 5.84. The number of hydrogen-bond donors (Lipinski definition) is 3. The maximum atomic E-state index is 11.9. The third-order valence-corrected chi connectivity index (χ3v) is 4.34. The van der Waals surface area contributed by atoms with Crippen LogP contribution in [0.2, 0.25) is 0 Å². The highest BCUT2D eigenvalue weighted by molar-refractivity contribution is 5.94. The topological polar surface area (TPSA) is 93.4 Å². The third-order valence-electron chi connectivity index (χ3n) is 4.34. The first-order chi connectivity index (χ1) is 12.1. The molecule has 1 heterocycles. The van der Waals surface area contributed by atoms with Crippen LogP contribution < -0.4 is 21.1 Å². The van der Waals surface area contributed by atoms with Crippen molar-refractivity contribution in [3.8, 4) is 5.75 Å². The molecule has 0 fully saturated rings. The summed E-state index contributed by atoms with van der Waals surface area (Å²) in [5.74, 6) is 0.864. The molecule has 0 bridgehead atoms. The summed E-state index contributed by atoms with van der Waals surface area (Å²) in [4.78, 5) is 23.3. The molecule has 1 atom stereocenters. The molecule has 1 aromatic rings. The molecule has 0 saturated heterocycles. The molecule has 1 unspecified atom stereocenters. The number of fused-ring (bicyclic) bond motifs is 1. The molecule has 2 rings (SSSR count). The lowest BCUT2D eigenvalue weighted by molar-refractivity contribution is -0.122. The van der Waals surface area contributed by atoms with Gasteiger partial charge >= 0.3 is 0 Å². The highest BCUT2D eigenvalue weighted by atomic mass is 35.5. The second-order valence-electron chi connectivity index (χ2n) is 6.46. The number of benzene rings is 1. The SMILES string of the molecule is CCCCC(CN)NC(=O)CCCOc1ccc2c(c1)CCC(=O)N2.Cl. The summed E-state index contributed by atoms with van der Waals surface area (Å²) in [6.45, 7) is 3.09. The summed E-state index contributed by atoms with van der Waals surface area (Å²) < 4.78 is 5.73. The van der Waals surface area contributed by atoms with Crippen molar-refractivity contribution in [2.45, 2.75) is 57.9 Å². The predicted molar refractivity (Wildman–Crippen MR) is 106 cm³/mol. The lowest BCUT2D eigenvalue weighted by Crippen LogP contribution is -2.40. The number of nitrogens with two attached hydrogens (primary N) is 1. The Morgan fingerprint density at radius 1 is 1.35 bits per heavy atom. The first kappa shape index (κ1) is 22.3. The minimum Gasteiger partial charge on any atom is -0.494 e. The average molecular weight is 384 g/mol. The van der Waals surface area contributed by atoms with Gasteiger partial charge in [0.05, 0.1) is 6.61 Å². The van der Waals surface area contributed by atoms with Crippen LogP contribution in [0, 0.1) is 0 Å². The standard InChI is InChI=1S/C19H29N3O3.ClH/c1-2-3-5-15(13-20)21-18(23)6-4-11-25-16-8-9-17-14(12-16)7-10-19(24)22-17;/h8-9,12,15H,2-7,10-11,13,20H2,1H3,(H,21,23)(H,22,24);1H. The Morgan fingerprint density at radius 3 is 2.88 bits per heavy atom. The van der Waals surface area contributed by atoms with E-state index in [1.54, 1.807) is 0 Å². The van der Waals surface area contributed by atoms with Gasteiger partial charge in [-0.2, -0.15) is 0 Å². The van der Waals surface area contributed by atoms with Gasteiger partial charge in [0.25, 0.3) is 0 Å². The lowest BCUT2D eigenvalue weighted by atomic mass is 10.0. The van der Waals surface area contributed by atoms with E-state index in [-0.39, 0.29) is 30.3 Å². The average Bonchev–Trinajstić information content (AvgIpc) is 2.62. The van der Waals surface area contributed by atoms with E-state index in [0.29, 0.717) is 32.4 Å². The highest BCUT2D eigenvalue weighted by Crippen LogP contribution is 2.26. The Balaban J connectivity index is 0.00000338. The maximum Gasteiger partial charge on any atom is 0.224 e. The third kappa shape index (κ3) is 7.22. The number of carbonyl (C=O) groups excluding carboxylic acids is 2. The Kier molecular flexibility index (Phi) is 10.1. The molecule has 0 saturated carbocycles. The van der Waals surface area contributed by atoms with E-state index in [1.165, 1.54) is 0 Å². The molecule has 2 amide bonds. The first-order valence-corrected chi connectivity index (χ1v) is 9.17. The summed E-state index contributed by atoms with van der Waals surface area (Å²) >= 11 is 0. The van der Waals surface area contributed by atoms with Gasteiger partial charge < -0.3 is 21.1 Å². The number of halogens is 1.